The molecule has 1 aliphatic rings. The molecule has 0 spiro atoms. The van der Waals surface area contributed by atoms with E-state index in [1.807, 2.05) is 45.0 Å². The summed E-state index contributed by atoms with van der Waals surface area (Å²) in [6, 6.07) is 7.47. The standard InChI is InChI=1S/C17H26N2O3/c1-16(2,3)22-15(20)19-13-7-5-6-8-14(13)21-17(4)9-11-18-12-10-17/h5-8,18H,9-12H2,1-4H3,(H,19,20). The summed E-state index contributed by atoms with van der Waals surface area (Å²) in [7, 11) is 0. The van der Waals surface area contributed by atoms with E-state index in [-0.39, 0.29) is 5.60 Å². The number of nitrogens with one attached hydrogen (secondary N) is 2. The first kappa shape index (κ1) is 16.6. The molecule has 2 rings (SSSR count). The highest BCUT2D eigenvalue weighted by molar-refractivity contribution is 5.86. The molecule has 22 heavy (non-hydrogen) atoms. The van der Waals surface area contributed by atoms with E-state index in [0.29, 0.717) is 11.4 Å². The summed E-state index contributed by atoms with van der Waals surface area (Å²) < 4.78 is 11.5. The Morgan fingerprint density at radius 3 is 2.50 bits per heavy atom. The molecule has 122 valence electrons. The fourth-order valence-corrected chi connectivity index (χ4v) is 2.40. The van der Waals surface area contributed by atoms with E-state index in [2.05, 4.69) is 17.6 Å². The number of benzene rings is 1. The maximum Gasteiger partial charge on any atom is 0.412 e. The van der Waals surface area contributed by atoms with E-state index in [0.717, 1.165) is 25.9 Å². The largest absolute Gasteiger partial charge is 0.485 e. The fraction of sp³-hybridized carbons (Fsp3) is 0.588. The monoisotopic (exact) mass is 306 g/mol. The topological polar surface area (TPSA) is 59.6 Å². The van der Waals surface area contributed by atoms with Gasteiger partial charge in [0.15, 0.2) is 0 Å². The van der Waals surface area contributed by atoms with E-state index < -0.39 is 11.7 Å². The molecule has 0 unspecified atom stereocenters. The lowest BCUT2D eigenvalue weighted by Crippen LogP contribution is -2.44. The number of hydrogen-bond donors (Lipinski definition) is 2. The molecule has 2 N–H and O–H groups in total. The zero-order valence-corrected chi connectivity index (χ0v) is 13.9. The number of para-hydroxylation sites is 2. The van der Waals surface area contributed by atoms with Gasteiger partial charge in [-0.2, -0.15) is 0 Å². The lowest BCUT2D eigenvalue weighted by molar-refractivity contribution is 0.0547. The van der Waals surface area contributed by atoms with Gasteiger partial charge in [-0.25, -0.2) is 4.79 Å². The Kier molecular flexibility index (Phi) is 4.96. The number of ether oxygens (including phenoxy) is 2. The zero-order valence-electron chi connectivity index (χ0n) is 13.9. The van der Waals surface area contributed by atoms with Crippen LogP contribution in [0.2, 0.25) is 0 Å². The van der Waals surface area contributed by atoms with Crippen molar-refractivity contribution in [1.82, 2.24) is 5.32 Å². The van der Waals surface area contributed by atoms with Gasteiger partial charge < -0.3 is 14.8 Å². The van der Waals surface area contributed by atoms with Crippen molar-refractivity contribution >= 4 is 11.8 Å². The Hall–Kier alpha value is -1.75. The van der Waals surface area contributed by atoms with E-state index in [1.165, 1.54) is 0 Å². The Morgan fingerprint density at radius 1 is 1.23 bits per heavy atom. The van der Waals surface area contributed by atoms with Crippen LogP contribution in [0.5, 0.6) is 5.75 Å². The number of rotatable bonds is 3. The van der Waals surface area contributed by atoms with Crippen molar-refractivity contribution in [2.24, 2.45) is 0 Å². The number of carbonyl (C=O) groups excluding carboxylic acids is 1. The molecule has 5 heteroatoms. The number of hydrogen-bond acceptors (Lipinski definition) is 4. The van der Waals surface area contributed by atoms with Crippen molar-refractivity contribution in [2.45, 2.75) is 51.7 Å². The van der Waals surface area contributed by atoms with Gasteiger partial charge in [0.25, 0.3) is 0 Å². The van der Waals surface area contributed by atoms with Crippen molar-refractivity contribution < 1.29 is 14.3 Å². The van der Waals surface area contributed by atoms with Gasteiger partial charge in [-0.3, -0.25) is 5.32 Å². The van der Waals surface area contributed by atoms with Crippen LogP contribution in [0.25, 0.3) is 0 Å². The summed E-state index contributed by atoms with van der Waals surface area (Å²) in [5.74, 6) is 0.678. The molecule has 1 saturated heterocycles. The molecule has 1 fully saturated rings. The minimum atomic E-state index is -0.527. The summed E-state index contributed by atoms with van der Waals surface area (Å²) in [6.07, 6.45) is 1.40. The smallest absolute Gasteiger partial charge is 0.412 e. The molecular formula is C17H26N2O3. The van der Waals surface area contributed by atoms with Crippen LogP contribution in [-0.2, 0) is 4.74 Å². The van der Waals surface area contributed by atoms with Crippen LogP contribution in [0, 0.1) is 0 Å². The predicted molar refractivity (Wildman–Crippen MR) is 87.4 cm³/mol. The van der Waals surface area contributed by atoms with Crippen molar-refractivity contribution in [3.63, 3.8) is 0 Å². The molecule has 0 radical (unpaired) electrons. The molecule has 1 heterocycles. The molecule has 0 bridgehead atoms. The van der Waals surface area contributed by atoms with Crippen molar-refractivity contribution in [2.75, 3.05) is 18.4 Å². The minimum Gasteiger partial charge on any atom is -0.485 e. The molecule has 0 atom stereocenters. The van der Waals surface area contributed by atoms with E-state index in [9.17, 15) is 4.79 Å². The zero-order chi connectivity index (χ0) is 16.2. The number of carbonyl (C=O) groups is 1. The normalized spacial score (nSPS) is 17.6. The lowest BCUT2D eigenvalue weighted by Gasteiger charge is -2.35. The minimum absolute atomic E-state index is 0.211. The van der Waals surface area contributed by atoms with Gasteiger partial charge in [0.2, 0.25) is 0 Å². The first-order valence-electron chi connectivity index (χ1n) is 7.76. The van der Waals surface area contributed by atoms with Gasteiger partial charge in [-0.15, -0.1) is 0 Å². The molecule has 1 aromatic rings. The second-order valence-corrected chi connectivity index (χ2v) is 6.93. The molecule has 0 aliphatic carbocycles. The van der Waals surface area contributed by atoms with Crippen molar-refractivity contribution in [1.29, 1.82) is 0 Å². The third kappa shape index (κ3) is 4.91. The Bertz CT molecular complexity index is 517. The molecule has 1 aliphatic heterocycles. The molecular weight excluding hydrogens is 280 g/mol. The van der Waals surface area contributed by atoms with Gasteiger partial charge in [0.05, 0.1) is 5.69 Å². The van der Waals surface area contributed by atoms with E-state index in [4.69, 9.17) is 9.47 Å². The lowest BCUT2D eigenvalue weighted by atomic mass is 9.94. The molecule has 5 nitrogen and oxygen atoms in total. The van der Waals surface area contributed by atoms with Gasteiger partial charge >= 0.3 is 6.09 Å². The summed E-state index contributed by atoms with van der Waals surface area (Å²) in [4.78, 5) is 12.0. The van der Waals surface area contributed by atoms with Crippen LogP contribution in [-0.4, -0.2) is 30.4 Å². The second-order valence-electron chi connectivity index (χ2n) is 6.93. The summed E-state index contributed by atoms with van der Waals surface area (Å²) >= 11 is 0. The van der Waals surface area contributed by atoms with Crippen LogP contribution in [0.1, 0.15) is 40.5 Å². The average Bonchev–Trinajstić information content (AvgIpc) is 2.39. The van der Waals surface area contributed by atoms with Gasteiger partial charge in [0.1, 0.15) is 17.0 Å². The number of amides is 1. The third-order valence-electron chi connectivity index (χ3n) is 3.54. The van der Waals surface area contributed by atoms with Gasteiger partial charge in [-0.1, -0.05) is 12.1 Å². The molecule has 0 saturated carbocycles. The van der Waals surface area contributed by atoms with Crippen molar-refractivity contribution in [3.8, 4) is 5.75 Å². The first-order chi connectivity index (χ1) is 10.3. The maximum absolute atomic E-state index is 12.0. The van der Waals surface area contributed by atoms with Crippen LogP contribution in [0.15, 0.2) is 24.3 Å². The molecule has 1 aromatic carbocycles. The fourth-order valence-electron chi connectivity index (χ4n) is 2.40. The van der Waals surface area contributed by atoms with E-state index >= 15 is 0 Å². The quantitative estimate of drug-likeness (QED) is 0.896. The first-order valence-corrected chi connectivity index (χ1v) is 7.76. The highest BCUT2D eigenvalue weighted by atomic mass is 16.6. The maximum atomic E-state index is 12.0. The highest BCUT2D eigenvalue weighted by Gasteiger charge is 2.29. The van der Waals surface area contributed by atoms with Crippen molar-refractivity contribution in [3.05, 3.63) is 24.3 Å². The molecule has 0 aromatic heterocycles. The second kappa shape index (κ2) is 6.57. The number of piperidine rings is 1. The van der Waals surface area contributed by atoms with Gasteiger partial charge in [0, 0.05) is 0 Å². The van der Waals surface area contributed by atoms with Gasteiger partial charge in [-0.05, 0) is 65.8 Å². The van der Waals surface area contributed by atoms with E-state index in [1.54, 1.807) is 0 Å². The Morgan fingerprint density at radius 2 is 1.86 bits per heavy atom. The predicted octanol–water partition coefficient (Wildman–Crippen LogP) is 3.55. The average molecular weight is 306 g/mol. The Balaban J connectivity index is 2.08. The Labute approximate surface area is 132 Å². The highest BCUT2D eigenvalue weighted by Crippen LogP contribution is 2.31. The summed E-state index contributed by atoms with van der Waals surface area (Å²) in [5.41, 5.74) is -0.103. The summed E-state index contributed by atoms with van der Waals surface area (Å²) in [6.45, 7) is 9.51. The number of anilines is 1. The SMILES string of the molecule is CC(C)(C)OC(=O)Nc1ccccc1OC1(C)CCNCC1. The van der Waals surface area contributed by atoms with Crippen LogP contribution in [0.4, 0.5) is 10.5 Å². The van der Waals surface area contributed by atoms with Crippen LogP contribution >= 0.6 is 0 Å². The van der Waals surface area contributed by atoms with Crippen LogP contribution < -0.4 is 15.4 Å². The third-order valence-corrected chi connectivity index (χ3v) is 3.54. The van der Waals surface area contributed by atoms with Crippen LogP contribution in [0.3, 0.4) is 0 Å². The summed E-state index contributed by atoms with van der Waals surface area (Å²) in [5, 5.41) is 6.10. The molecule has 1 amide bonds.